The van der Waals surface area contributed by atoms with Crippen molar-refractivity contribution in [3.63, 3.8) is 0 Å². The Balaban J connectivity index is 1.80. The van der Waals surface area contributed by atoms with E-state index in [4.69, 9.17) is 32.7 Å². The zero-order valence-electron chi connectivity index (χ0n) is 17.9. The van der Waals surface area contributed by atoms with Crippen LogP contribution >= 0.6 is 23.2 Å². The van der Waals surface area contributed by atoms with E-state index < -0.39 is 27.8 Å². The fraction of sp³-hybridized carbons (Fsp3) is 0.381. The van der Waals surface area contributed by atoms with Gasteiger partial charge in [0.2, 0.25) is 10.0 Å². The van der Waals surface area contributed by atoms with E-state index in [9.17, 15) is 18.3 Å². The zero-order valence-corrected chi connectivity index (χ0v) is 20.2. The molecule has 1 atom stereocenters. The van der Waals surface area contributed by atoms with Crippen molar-refractivity contribution in [1.82, 2.24) is 4.72 Å². The van der Waals surface area contributed by atoms with Crippen LogP contribution in [-0.4, -0.2) is 38.2 Å². The minimum absolute atomic E-state index is 0.0664. The Morgan fingerprint density at radius 3 is 2.48 bits per heavy atom. The van der Waals surface area contributed by atoms with Crippen molar-refractivity contribution in [2.45, 2.75) is 50.1 Å². The number of aromatic hydroxyl groups is 1. The molecule has 9 nitrogen and oxygen atoms in total. The summed E-state index contributed by atoms with van der Waals surface area (Å²) in [7, 11) is -3.93. The van der Waals surface area contributed by atoms with Gasteiger partial charge >= 0.3 is 5.97 Å². The van der Waals surface area contributed by atoms with E-state index in [2.05, 4.69) is 15.0 Å². The van der Waals surface area contributed by atoms with Gasteiger partial charge in [-0.1, -0.05) is 29.6 Å². The summed E-state index contributed by atoms with van der Waals surface area (Å²) in [6, 6.07) is 5.71. The van der Waals surface area contributed by atoms with Gasteiger partial charge in [-0.2, -0.15) is 10.2 Å². The summed E-state index contributed by atoms with van der Waals surface area (Å²) in [5.41, 5.74) is 0.284. The maximum Gasteiger partial charge on any atom is 0.332 e. The lowest BCUT2D eigenvalue weighted by Crippen LogP contribution is -2.39. The molecule has 0 aromatic heterocycles. The first-order chi connectivity index (χ1) is 15.6. The van der Waals surface area contributed by atoms with Gasteiger partial charge in [-0.05, 0) is 51.0 Å². The maximum absolute atomic E-state index is 12.6. The van der Waals surface area contributed by atoms with Crippen molar-refractivity contribution >= 4 is 44.9 Å². The number of hydrogen-bond acceptors (Lipinski definition) is 8. The molecule has 1 saturated carbocycles. The molecule has 1 fully saturated rings. The summed E-state index contributed by atoms with van der Waals surface area (Å²) in [6.07, 6.45) is 2.46. The second-order valence-electron chi connectivity index (χ2n) is 7.36. The van der Waals surface area contributed by atoms with Crippen LogP contribution in [-0.2, 0) is 19.6 Å². The molecular weight excluding hydrogens is 493 g/mol. The van der Waals surface area contributed by atoms with Gasteiger partial charge in [-0.3, -0.25) is 0 Å². The number of ether oxygens (including phenoxy) is 2. The molecule has 3 rings (SSSR count). The zero-order chi connectivity index (χ0) is 24.2. The van der Waals surface area contributed by atoms with E-state index >= 15 is 0 Å². The summed E-state index contributed by atoms with van der Waals surface area (Å²) in [5.74, 6) is -0.742. The standard InChI is InChI=1S/C21H23Cl2N3O6S/c1-3-31-21(28)12(2)24-25-14-9-16(22)20(17(23)10-14)32-15-7-8-18(27)19(11-15)33(29,30)26-13-5-4-6-13/h7-13,26-27H,3-6H2,1-2H3. The van der Waals surface area contributed by atoms with Gasteiger partial charge in [0.05, 0.1) is 22.3 Å². The van der Waals surface area contributed by atoms with Crippen LogP contribution in [0.3, 0.4) is 0 Å². The predicted molar refractivity (Wildman–Crippen MR) is 123 cm³/mol. The van der Waals surface area contributed by atoms with Crippen LogP contribution in [0.4, 0.5) is 5.69 Å². The number of nitrogens with one attached hydrogen (secondary N) is 1. The molecule has 0 saturated heterocycles. The average molecular weight is 516 g/mol. The van der Waals surface area contributed by atoms with Crippen LogP contribution in [0.2, 0.25) is 10.0 Å². The molecular formula is C21H23Cl2N3O6S. The van der Waals surface area contributed by atoms with E-state index in [0.717, 1.165) is 19.3 Å². The van der Waals surface area contributed by atoms with Crippen LogP contribution < -0.4 is 9.46 Å². The smallest absolute Gasteiger partial charge is 0.332 e. The number of sulfonamides is 1. The van der Waals surface area contributed by atoms with Crippen LogP contribution in [0, 0.1) is 0 Å². The summed E-state index contributed by atoms with van der Waals surface area (Å²) in [4.78, 5) is 11.3. The number of azo groups is 1. The van der Waals surface area contributed by atoms with Gasteiger partial charge in [-0.25, -0.2) is 17.9 Å². The second-order valence-corrected chi connectivity index (χ2v) is 9.86. The molecule has 0 radical (unpaired) electrons. The minimum atomic E-state index is -3.93. The molecule has 2 N–H and O–H groups in total. The molecule has 0 heterocycles. The fourth-order valence-electron chi connectivity index (χ4n) is 2.87. The molecule has 12 heteroatoms. The predicted octanol–water partition coefficient (Wildman–Crippen LogP) is 5.36. The monoisotopic (exact) mass is 515 g/mol. The van der Waals surface area contributed by atoms with Crippen LogP contribution in [0.15, 0.2) is 45.5 Å². The Bertz CT molecular complexity index is 1150. The van der Waals surface area contributed by atoms with E-state index in [-0.39, 0.29) is 44.8 Å². The molecule has 0 amide bonds. The topological polar surface area (TPSA) is 127 Å². The summed E-state index contributed by atoms with van der Waals surface area (Å²) < 4.78 is 38.4. The number of carbonyl (C=O) groups is 1. The molecule has 0 bridgehead atoms. The van der Waals surface area contributed by atoms with Crippen LogP contribution in [0.1, 0.15) is 33.1 Å². The van der Waals surface area contributed by atoms with E-state index in [1.807, 2.05) is 0 Å². The number of hydrogen-bond donors (Lipinski definition) is 2. The normalized spacial score (nSPS) is 15.3. The number of rotatable bonds is 9. The molecule has 2 aromatic carbocycles. The lowest BCUT2D eigenvalue weighted by molar-refractivity contribution is -0.144. The van der Waals surface area contributed by atoms with Crippen LogP contribution in [0.5, 0.6) is 17.2 Å². The van der Waals surface area contributed by atoms with Crippen molar-refractivity contribution in [1.29, 1.82) is 0 Å². The highest BCUT2D eigenvalue weighted by Gasteiger charge is 2.27. The number of halogens is 2. The maximum atomic E-state index is 12.6. The summed E-state index contributed by atoms with van der Waals surface area (Å²) in [5, 5.41) is 18.1. The van der Waals surface area contributed by atoms with E-state index in [1.54, 1.807) is 13.8 Å². The number of phenolic OH excluding ortho intramolecular Hbond substituents is 1. The third kappa shape index (κ3) is 6.35. The molecule has 1 aliphatic rings. The van der Waals surface area contributed by atoms with Crippen molar-refractivity contribution < 1.29 is 27.8 Å². The van der Waals surface area contributed by atoms with Crippen LogP contribution in [0.25, 0.3) is 0 Å². The Hall–Kier alpha value is -2.40. The molecule has 2 aromatic rings. The summed E-state index contributed by atoms with van der Waals surface area (Å²) >= 11 is 12.6. The quantitative estimate of drug-likeness (QED) is 0.341. The lowest BCUT2D eigenvalue weighted by atomic mass is 9.94. The van der Waals surface area contributed by atoms with E-state index in [1.165, 1.54) is 30.3 Å². The Kier molecular flexibility index (Phi) is 8.17. The second kappa shape index (κ2) is 10.7. The third-order valence-corrected chi connectivity index (χ3v) is 6.94. The van der Waals surface area contributed by atoms with Gasteiger partial charge in [-0.15, -0.1) is 0 Å². The van der Waals surface area contributed by atoms with Crippen molar-refractivity contribution in [3.05, 3.63) is 40.4 Å². The molecule has 0 spiro atoms. The molecule has 1 unspecified atom stereocenters. The Morgan fingerprint density at radius 1 is 1.24 bits per heavy atom. The first-order valence-corrected chi connectivity index (χ1v) is 12.4. The van der Waals surface area contributed by atoms with Gasteiger partial charge in [0.15, 0.2) is 11.8 Å². The highest BCUT2D eigenvalue weighted by Crippen LogP contribution is 2.41. The lowest BCUT2D eigenvalue weighted by Gasteiger charge is -2.26. The number of carbonyl (C=O) groups excluding carboxylic acids is 1. The van der Waals surface area contributed by atoms with Gasteiger partial charge in [0.25, 0.3) is 0 Å². The Labute approximate surface area is 201 Å². The largest absolute Gasteiger partial charge is 0.507 e. The van der Waals surface area contributed by atoms with E-state index in [0.29, 0.717) is 0 Å². The first-order valence-electron chi connectivity index (χ1n) is 10.2. The van der Waals surface area contributed by atoms with Crippen molar-refractivity contribution in [2.24, 2.45) is 10.2 Å². The molecule has 0 aliphatic heterocycles. The third-order valence-electron chi connectivity index (χ3n) is 4.82. The van der Waals surface area contributed by atoms with Gasteiger partial charge < -0.3 is 14.6 Å². The summed E-state index contributed by atoms with van der Waals surface area (Å²) in [6.45, 7) is 3.47. The number of nitrogens with zero attached hydrogens (tertiary/aromatic N) is 2. The van der Waals surface area contributed by atoms with Crippen molar-refractivity contribution in [2.75, 3.05) is 6.61 Å². The number of benzene rings is 2. The molecule has 1 aliphatic carbocycles. The number of esters is 1. The average Bonchev–Trinajstić information content (AvgIpc) is 2.73. The molecule has 178 valence electrons. The number of phenols is 1. The minimum Gasteiger partial charge on any atom is -0.507 e. The highest BCUT2D eigenvalue weighted by molar-refractivity contribution is 7.89. The van der Waals surface area contributed by atoms with Gasteiger partial charge in [0, 0.05) is 12.1 Å². The SMILES string of the molecule is CCOC(=O)C(C)N=Nc1cc(Cl)c(Oc2ccc(O)c(S(=O)(=O)NC3CCC3)c2)c(Cl)c1. The molecule has 33 heavy (non-hydrogen) atoms. The fourth-order valence-corrected chi connectivity index (χ4v) is 4.83. The Morgan fingerprint density at radius 2 is 1.91 bits per heavy atom. The first kappa shape index (κ1) is 25.2. The highest BCUT2D eigenvalue weighted by atomic mass is 35.5. The van der Waals surface area contributed by atoms with Gasteiger partial charge in [0.1, 0.15) is 16.4 Å². The van der Waals surface area contributed by atoms with Crippen molar-refractivity contribution in [3.8, 4) is 17.2 Å².